The molecule has 4 nitrogen and oxygen atoms in total. The number of anilines is 2. The molecule has 0 aliphatic heterocycles. The molecule has 0 aliphatic carbocycles. The van der Waals surface area contributed by atoms with Crippen molar-refractivity contribution >= 4 is 22.4 Å². The molecule has 4 heteroatoms. The molecule has 0 unspecified atom stereocenters. The van der Waals surface area contributed by atoms with Crippen LogP contribution in [-0.4, -0.2) is 15.0 Å². The van der Waals surface area contributed by atoms with Gasteiger partial charge in [0.25, 0.3) is 0 Å². The quantitative estimate of drug-likeness (QED) is 0.648. The van der Waals surface area contributed by atoms with Crippen LogP contribution in [0.2, 0.25) is 0 Å². The lowest BCUT2D eigenvalue weighted by molar-refractivity contribution is 0.558. The van der Waals surface area contributed by atoms with Crippen molar-refractivity contribution < 1.29 is 0 Å². The predicted octanol–water partition coefficient (Wildman–Crippen LogP) is 5.67. The zero-order valence-electron chi connectivity index (χ0n) is 16.8. The van der Waals surface area contributed by atoms with E-state index in [0.29, 0.717) is 0 Å². The fraction of sp³-hybridized carbons (Fsp3) is 0.409. The molecule has 1 N–H and O–H groups in total. The van der Waals surface area contributed by atoms with E-state index < -0.39 is 0 Å². The number of benzene rings is 1. The van der Waals surface area contributed by atoms with Crippen molar-refractivity contribution in [1.82, 2.24) is 15.0 Å². The van der Waals surface area contributed by atoms with E-state index in [1.54, 1.807) is 12.4 Å². The molecule has 3 rings (SSSR count). The maximum Gasteiger partial charge on any atom is 0.149 e. The average Bonchev–Trinajstić information content (AvgIpc) is 2.52. The fourth-order valence-electron chi connectivity index (χ4n) is 2.98. The molecule has 26 heavy (non-hydrogen) atoms. The first-order valence-electron chi connectivity index (χ1n) is 9.05. The molecule has 0 spiro atoms. The molecular weight excluding hydrogens is 320 g/mol. The minimum atomic E-state index is -0.000356. The monoisotopic (exact) mass is 348 g/mol. The van der Waals surface area contributed by atoms with Crippen LogP contribution < -0.4 is 5.32 Å². The maximum atomic E-state index is 4.96. The topological polar surface area (TPSA) is 50.7 Å². The van der Waals surface area contributed by atoms with Crippen molar-refractivity contribution in [1.29, 1.82) is 0 Å². The van der Waals surface area contributed by atoms with Crippen molar-refractivity contribution in [3.8, 4) is 0 Å². The molecule has 0 bridgehead atoms. The number of rotatable bonds is 2. The van der Waals surface area contributed by atoms with E-state index in [-0.39, 0.29) is 10.8 Å². The number of nitrogens with one attached hydrogen (secondary N) is 1. The zero-order valence-corrected chi connectivity index (χ0v) is 16.8. The lowest BCUT2D eigenvalue weighted by atomic mass is 9.81. The van der Waals surface area contributed by atoms with Crippen molar-refractivity contribution in [3.63, 3.8) is 0 Å². The Balaban J connectivity index is 2.13. The van der Waals surface area contributed by atoms with Crippen LogP contribution in [0.1, 0.15) is 58.5 Å². The second-order valence-corrected chi connectivity index (χ2v) is 8.96. The second kappa shape index (κ2) is 6.35. The summed E-state index contributed by atoms with van der Waals surface area (Å²) in [5, 5.41) is 4.54. The van der Waals surface area contributed by atoms with Gasteiger partial charge in [-0.25, -0.2) is 4.98 Å². The molecule has 136 valence electrons. The zero-order chi connectivity index (χ0) is 19.1. The Hall–Kier alpha value is -2.49. The molecule has 2 heterocycles. The molecule has 2 aromatic heterocycles. The van der Waals surface area contributed by atoms with Gasteiger partial charge >= 0.3 is 0 Å². The highest BCUT2D eigenvalue weighted by Gasteiger charge is 2.23. The smallest absolute Gasteiger partial charge is 0.149 e. The summed E-state index contributed by atoms with van der Waals surface area (Å²) in [6, 6.07) is 8.60. The van der Waals surface area contributed by atoms with Gasteiger partial charge < -0.3 is 5.32 Å². The Morgan fingerprint density at radius 3 is 2.19 bits per heavy atom. The van der Waals surface area contributed by atoms with Gasteiger partial charge in [0.05, 0.1) is 17.4 Å². The van der Waals surface area contributed by atoms with Crippen LogP contribution in [0.5, 0.6) is 0 Å². The average molecular weight is 348 g/mol. The maximum absolute atomic E-state index is 4.96. The number of fused-ring (bicyclic) bond motifs is 1. The van der Waals surface area contributed by atoms with E-state index in [9.17, 15) is 0 Å². The molecule has 0 saturated heterocycles. The van der Waals surface area contributed by atoms with E-state index in [0.717, 1.165) is 28.4 Å². The van der Waals surface area contributed by atoms with Crippen LogP contribution in [0.25, 0.3) is 10.9 Å². The Kier molecular flexibility index (Phi) is 4.47. The van der Waals surface area contributed by atoms with Gasteiger partial charge in [-0.3, -0.25) is 9.97 Å². The first-order chi connectivity index (χ1) is 12.0. The molecule has 0 saturated carbocycles. The largest absolute Gasteiger partial charge is 0.339 e. The number of aryl methyl sites for hydroxylation is 1. The Morgan fingerprint density at radius 2 is 1.58 bits per heavy atom. The number of aromatic nitrogens is 3. The normalized spacial score (nSPS) is 12.4. The first kappa shape index (κ1) is 18.3. The highest BCUT2D eigenvalue weighted by Crippen LogP contribution is 2.34. The lowest BCUT2D eigenvalue weighted by Gasteiger charge is -2.26. The van der Waals surface area contributed by atoms with Crippen molar-refractivity contribution in [2.75, 3.05) is 5.32 Å². The van der Waals surface area contributed by atoms with Crippen LogP contribution in [0.15, 0.2) is 36.7 Å². The SMILES string of the molecule is Cc1cncc(Nc2ccc3c(C(C)(C)C)cc(C(C)(C)C)nc3c2)n1. The van der Waals surface area contributed by atoms with Crippen molar-refractivity contribution in [3.05, 3.63) is 53.6 Å². The summed E-state index contributed by atoms with van der Waals surface area (Å²) in [7, 11) is 0. The van der Waals surface area contributed by atoms with E-state index in [1.807, 2.05) is 6.92 Å². The van der Waals surface area contributed by atoms with Gasteiger partial charge in [0.15, 0.2) is 0 Å². The van der Waals surface area contributed by atoms with Crippen LogP contribution in [-0.2, 0) is 10.8 Å². The van der Waals surface area contributed by atoms with Gasteiger partial charge in [-0.05, 0) is 36.1 Å². The van der Waals surface area contributed by atoms with Crippen LogP contribution >= 0.6 is 0 Å². The highest BCUT2D eigenvalue weighted by molar-refractivity contribution is 5.87. The third kappa shape index (κ3) is 3.85. The minimum Gasteiger partial charge on any atom is -0.339 e. The lowest BCUT2D eigenvalue weighted by Crippen LogP contribution is -2.18. The minimum absolute atomic E-state index is 0.000356. The summed E-state index contributed by atoms with van der Waals surface area (Å²) in [4.78, 5) is 13.6. The van der Waals surface area contributed by atoms with Crippen LogP contribution in [0.3, 0.4) is 0 Å². The summed E-state index contributed by atoms with van der Waals surface area (Å²) in [6.07, 6.45) is 3.48. The molecule has 0 radical (unpaired) electrons. The Bertz CT molecular complexity index is 946. The number of nitrogens with zero attached hydrogens (tertiary/aromatic N) is 3. The molecular formula is C22H28N4. The Labute approximate surface area is 156 Å². The molecule has 0 aliphatic rings. The Morgan fingerprint density at radius 1 is 0.846 bits per heavy atom. The third-order valence-electron chi connectivity index (χ3n) is 4.41. The fourth-order valence-corrected chi connectivity index (χ4v) is 2.98. The number of pyridine rings is 1. The summed E-state index contributed by atoms with van der Waals surface area (Å²) >= 11 is 0. The highest BCUT2D eigenvalue weighted by atomic mass is 15.0. The summed E-state index contributed by atoms with van der Waals surface area (Å²) in [6.45, 7) is 15.3. The molecule has 3 aromatic rings. The van der Waals surface area contributed by atoms with Crippen molar-refractivity contribution in [2.24, 2.45) is 0 Å². The van der Waals surface area contributed by atoms with Crippen LogP contribution in [0.4, 0.5) is 11.5 Å². The number of hydrogen-bond donors (Lipinski definition) is 1. The van der Waals surface area contributed by atoms with Crippen LogP contribution in [0, 0.1) is 6.92 Å². The van der Waals surface area contributed by atoms with Gasteiger partial charge in [0.2, 0.25) is 0 Å². The van der Waals surface area contributed by atoms with E-state index in [2.05, 4.69) is 81.1 Å². The van der Waals surface area contributed by atoms with Gasteiger partial charge in [0.1, 0.15) is 5.82 Å². The van der Waals surface area contributed by atoms with Gasteiger partial charge in [0, 0.05) is 28.4 Å². The second-order valence-electron chi connectivity index (χ2n) is 8.96. The third-order valence-corrected chi connectivity index (χ3v) is 4.41. The summed E-state index contributed by atoms with van der Waals surface area (Å²) < 4.78 is 0. The first-order valence-corrected chi connectivity index (χ1v) is 9.05. The summed E-state index contributed by atoms with van der Waals surface area (Å²) in [5.74, 6) is 0.743. The van der Waals surface area contributed by atoms with E-state index in [4.69, 9.17) is 4.98 Å². The van der Waals surface area contributed by atoms with Crippen molar-refractivity contribution in [2.45, 2.75) is 59.3 Å². The molecule has 1 aromatic carbocycles. The van der Waals surface area contributed by atoms with E-state index in [1.165, 1.54) is 10.9 Å². The van der Waals surface area contributed by atoms with E-state index >= 15 is 0 Å². The van der Waals surface area contributed by atoms with Gasteiger partial charge in [-0.15, -0.1) is 0 Å². The molecule has 0 fully saturated rings. The number of hydrogen-bond acceptors (Lipinski definition) is 4. The summed E-state index contributed by atoms with van der Waals surface area (Å²) in [5.41, 5.74) is 5.36. The molecule has 0 amide bonds. The predicted molar refractivity (Wildman–Crippen MR) is 109 cm³/mol. The van der Waals surface area contributed by atoms with Gasteiger partial charge in [-0.1, -0.05) is 47.6 Å². The standard InChI is InChI=1S/C22H28N4/c1-14-12-23-13-20(24-14)25-15-8-9-16-17(21(2,3)4)11-19(22(5,6)7)26-18(16)10-15/h8-13H,1-7H3,(H,24,25). The van der Waals surface area contributed by atoms with Gasteiger partial charge in [-0.2, -0.15) is 0 Å². The molecule has 0 atom stereocenters.